The first-order valence-electron chi connectivity index (χ1n) is 8.84. The first-order chi connectivity index (χ1) is 13.0. The van der Waals surface area contributed by atoms with Crippen molar-refractivity contribution >= 4 is 39.1 Å². The number of nitrogens with zero attached hydrogens (tertiary/aromatic N) is 3. The lowest BCUT2D eigenvalue weighted by Gasteiger charge is -2.21. The third-order valence-electron chi connectivity index (χ3n) is 5.21. The standard InChI is InChI=1S/C20H19ClFN3OS/c1-11-5-13(21)6-16(12(11)2)19-20-17(23-10-24-19)7-15(27-20)9-25-14(8-22)3-4-18(25)26/h5-7,10,14H,3-4,8-9H2,1-2H3. The van der Waals surface area contributed by atoms with Crippen LogP contribution in [0.25, 0.3) is 21.5 Å². The van der Waals surface area contributed by atoms with Crippen molar-refractivity contribution in [2.24, 2.45) is 0 Å². The molecule has 3 heterocycles. The van der Waals surface area contributed by atoms with Gasteiger partial charge in [0.1, 0.15) is 13.0 Å². The Hall–Kier alpha value is -2.05. The fourth-order valence-corrected chi connectivity index (χ4v) is 4.96. The van der Waals surface area contributed by atoms with Crippen LogP contribution in [0.3, 0.4) is 0 Å². The predicted octanol–water partition coefficient (Wildman–Crippen LogP) is 5.09. The van der Waals surface area contributed by atoms with Crippen molar-refractivity contribution in [1.29, 1.82) is 0 Å². The maximum atomic E-state index is 13.2. The summed E-state index contributed by atoms with van der Waals surface area (Å²) in [5, 5.41) is 0.671. The van der Waals surface area contributed by atoms with Gasteiger partial charge in [-0.3, -0.25) is 4.79 Å². The van der Waals surface area contributed by atoms with Crippen LogP contribution in [-0.4, -0.2) is 33.5 Å². The lowest BCUT2D eigenvalue weighted by molar-refractivity contribution is -0.129. The summed E-state index contributed by atoms with van der Waals surface area (Å²) in [7, 11) is 0. The van der Waals surface area contributed by atoms with Crippen molar-refractivity contribution in [3.63, 3.8) is 0 Å². The van der Waals surface area contributed by atoms with Gasteiger partial charge in [0, 0.05) is 21.9 Å². The summed E-state index contributed by atoms with van der Waals surface area (Å²) in [6, 6.07) is 5.52. The zero-order valence-corrected chi connectivity index (χ0v) is 16.7. The minimum atomic E-state index is -0.497. The normalized spacial score (nSPS) is 17.3. The van der Waals surface area contributed by atoms with E-state index < -0.39 is 6.67 Å². The summed E-state index contributed by atoms with van der Waals surface area (Å²) in [6.45, 7) is 4.00. The number of hydrogen-bond acceptors (Lipinski definition) is 4. The molecule has 0 bridgehead atoms. The Kier molecular flexibility index (Phi) is 4.86. The Labute approximate surface area is 166 Å². The molecular formula is C20H19ClFN3OS. The lowest BCUT2D eigenvalue weighted by atomic mass is 10.0. The molecule has 0 radical (unpaired) electrons. The van der Waals surface area contributed by atoms with Gasteiger partial charge in [0.05, 0.1) is 28.5 Å². The molecule has 4 nitrogen and oxygen atoms in total. The molecule has 2 aromatic heterocycles. The average Bonchev–Trinajstić information content (AvgIpc) is 3.21. The van der Waals surface area contributed by atoms with Gasteiger partial charge in [-0.05, 0) is 49.6 Å². The minimum Gasteiger partial charge on any atom is -0.332 e. The second-order valence-corrected chi connectivity index (χ2v) is 8.49. The lowest BCUT2D eigenvalue weighted by Crippen LogP contribution is -2.33. The summed E-state index contributed by atoms with van der Waals surface area (Å²) in [6.07, 6.45) is 2.56. The monoisotopic (exact) mass is 403 g/mol. The molecule has 1 unspecified atom stereocenters. The number of likely N-dealkylation sites (tertiary alicyclic amines) is 1. The van der Waals surface area contributed by atoms with E-state index in [-0.39, 0.29) is 11.9 Å². The molecule has 1 amide bonds. The molecule has 140 valence electrons. The van der Waals surface area contributed by atoms with E-state index in [1.165, 1.54) is 0 Å². The van der Waals surface area contributed by atoms with E-state index in [0.717, 1.165) is 37.5 Å². The van der Waals surface area contributed by atoms with E-state index in [1.807, 2.05) is 25.1 Å². The topological polar surface area (TPSA) is 46.1 Å². The van der Waals surface area contributed by atoms with E-state index in [1.54, 1.807) is 22.6 Å². The maximum absolute atomic E-state index is 13.2. The van der Waals surface area contributed by atoms with Crippen molar-refractivity contribution in [1.82, 2.24) is 14.9 Å². The number of carbonyl (C=O) groups is 1. The number of amides is 1. The molecule has 0 saturated carbocycles. The summed E-state index contributed by atoms with van der Waals surface area (Å²) in [5.41, 5.74) is 4.89. The van der Waals surface area contributed by atoms with E-state index in [9.17, 15) is 9.18 Å². The number of thiophene rings is 1. The van der Waals surface area contributed by atoms with Crippen molar-refractivity contribution in [3.8, 4) is 11.3 Å². The highest BCUT2D eigenvalue weighted by molar-refractivity contribution is 7.19. The number of hydrogen-bond donors (Lipinski definition) is 0. The van der Waals surface area contributed by atoms with E-state index in [2.05, 4.69) is 16.9 Å². The second-order valence-electron chi connectivity index (χ2n) is 6.91. The number of carbonyl (C=O) groups excluding carboxylic acids is 1. The zero-order chi connectivity index (χ0) is 19.1. The Morgan fingerprint density at radius 2 is 2.11 bits per heavy atom. The van der Waals surface area contributed by atoms with Crippen LogP contribution in [-0.2, 0) is 11.3 Å². The fraction of sp³-hybridized carbons (Fsp3) is 0.350. The van der Waals surface area contributed by atoms with Crippen LogP contribution in [0, 0.1) is 13.8 Å². The highest BCUT2D eigenvalue weighted by Gasteiger charge is 2.31. The van der Waals surface area contributed by atoms with Gasteiger partial charge in [-0.15, -0.1) is 11.3 Å². The van der Waals surface area contributed by atoms with Gasteiger partial charge in [0.15, 0.2) is 0 Å². The maximum Gasteiger partial charge on any atom is 0.223 e. The number of halogens is 2. The molecule has 1 fully saturated rings. The molecule has 0 aliphatic carbocycles. The van der Waals surface area contributed by atoms with Crippen molar-refractivity contribution in [2.45, 2.75) is 39.3 Å². The third kappa shape index (κ3) is 3.32. The van der Waals surface area contributed by atoms with Crippen molar-refractivity contribution in [3.05, 3.63) is 45.6 Å². The van der Waals surface area contributed by atoms with Crippen LogP contribution in [0.2, 0.25) is 5.02 Å². The highest BCUT2D eigenvalue weighted by atomic mass is 35.5. The van der Waals surface area contributed by atoms with E-state index in [4.69, 9.17) is 11.6 Å². The molecule has 4 rings (SSSR count). The van der Waals surface area contributed by atoms with E-state index in [0.29, 0.717) is 24.4 Å². The molecule has 1 aromatic carbocycles. The summed E-state index contributed by atoms with van der Waals surface area (Å²) >= 11 is 7.83. The number of rotatable bonds is 4. The fourth-order valence-electron chi connectivity index (χ4n) is 3.57. The van der Waals surface area contributed by atoms with Crippen molar-refractivity contribution < 1.29 is 9.18 Å². The summed E-state index contributed by atoms with van der Waals surface area (Å²) < 4.78 is 14.2. The third-order valence-corrected chi connectivity index (χ3v) is 6.54. The van der Waals surface area contributed by atoms with Gasteiger partial charge in [0.2, 0.25) is 5.91 Å². The van der Waals surface area contributed by atoms with Crippen LogP contribution < -0.4 is 0 Å². The number of benzene rings is 1. The number of aromatic nitrogens is 2. The Bertz CT molecular complexity index is 1040. The first-order valence-corrected chi connectivity index (χ1v) is 10.0. The van der Waals surface area contributed by atoms with Gasteiger partial charge in [0.25, 0.3) is 0 Å². The Morgan fingerprint density at radius 3 is 2.89 bits per heavy atom. The summed E-state index contributed by atoms with van der Waals surface area (Å²) in [4.78, 5) is 23.6. The number of alkyl halides is 1. The Morgan fingerprint density at radius 1 is 1.30 bits per heavy atom. The molecule has 1 atom stereocenters. The smallest absolute Gasteiger partial charge is 0.223 e. The largest absolute Gasteiger partial charge is 0.332 e. The molecule has 1 aliphatic heterocycles. The van der Waals surface area contributed by atoms with Gasteiger partial charge >= 0.3 is 0 Å². The molecule has 3 aromatic rings. The quantitative estimate of drug-likeness (QED) is 0.609. The zero-order valence-electron chi connectivity index (χ0n) is 15.1. The van der Waals surface area contributed by atoms with Crippen molar-refractivity contribution in [2.75, 3.05) is 6.67 Å². The predicted molar refractivity (Wildman–Crippen MR) is 107 cm³/mol. The number of aryl methyl sites for hydroxylation is 1. The number of fused-ring (bicyclic) bond motifs is 1. The van der Waals surface area contributed by atoms with Crippen LogP contribution in [0.4, 0.5) is 4.39 Å². The molecule has 0 spiro atoms. The Balaban J connectivity index is 1.76. The van der Waals surface area contributed by atoms with Crippen LogP contribution in [0.5, 0.6) is 0 Å². The SMILES string of the molecule is Cc1cc(Cl)cc(-c2ncnc3cc(CN4C(=O)CCC4CF)sc23)c1C. The highest BCUT2D eigenvalue weighted by Crippen LogP contribution is 2.37. The van der Waals surface area contributed by atoms with E-state index >= 15 is 0 Å². The molecule has 1 aliphatic rings. The minimum absolute atomic E-state index is 0.0164. The van der Waals surface area contributed by atoms with Gasteiger partial charge < -0.3 is 4.90 Å². The average molecular weight is 404 g/mol. The molecule has 0 N–H and O–H groups in total. The van der Waals surface area contributed by atoms with Gasteiger partial charge in [-0.1, -0.05) is 11.6 Å². The summed E-state index contributed by atoms with van der Waals surface area (Å²) in [5.74, 6) is 0.0164. The van der Waals surface area contributed by atoms with Crippen LogP contribution in [0.1, 0.15) is 28.8 Å². The molecule has 7 heteroatoms. The second kappa shape index (κ2) is 7.17. The molecule has 27 heavy (non-hydrogen) atoms. The molecular weight excluding hydrogens is 385 g/mol. The van der Waals surface area contributed by atoms with Crippen LogP contribution >= 0.6 is 22.9 Å². The van der Waals surface area contributed by atoms with Gasteiger partial charge in [-0.25, -0.2) is 14.4 Å². The van der Waals surface area contributed by atoms with Gasteiger partial charge in [-0.2, -0.15) is 0 Å². The first kappa shape index (κ1) is 18.3. The molecule has 1 saturated heterocycles. The van der Waals surface area contributed by atoms with Crippen LogP contribution in [0.15, 0.2) is 24.5 Å².